The van der Waals surface area contributed by atoms with Gasteiger partial charge in [0.2, 0.25) is 5.91 Å². The highest BCUT2D eigenvalue weighted by molar-refractivity contribution is 5.98. The zero-order valence-electron chi connectivity index (χ0n) is 26.4. The minimum atomic E-state index is -1.47. The molecule has 3 rings (SSSR count). The molecule has 0 saturated carbocycles. The number of aliphatic hydroxyl groups is 1. The van der Waals surface area contributed by atoms with E-state index in [9.17, 15) is 14.7 Å². The molecule has 3 aromatic carbocycles. The average Bonchev–Trinajstić information content (AvgIpc) is 3.06. The van der Waals surface area contributed by atoms with Gasteiger partial charge in [0.05, 0.1) is 13.2 Å². The first-order chi connectivity index (χ1) is 21.9. The van der Waals surface area contributed by atoms with Gasteiger partial charge in [0, 0.05) is 26.3 Å². The molecule has 0 fully saturated rings. The van der Waals surface area contributed by atoms with Gasteiger partial charge < -0.3 is 39.4 Å². The Hall–Kier alpha value is -4.38. The second-order valence-electron chi connectivity index (χ2n) is 10.3. The van der Waals surface area contributed by atoms with E-state index in [-0.39, 0.29) is 25.9 Å². The number of hydrogen-bond donors (Lipinski definition) is 3. The third-order valence-corrected chi connectivity index (χ3v) is 6.92. The predicted molar refractivity (Wildman–Crippen MR) is 172 cm³/mol. The first-order valence-electron chi connectivity index (χ1n) is 14.9. The van der Waals surface area contributed by atoms with Crippen molar-refractivity contribution in [2.45, 2.75) is 44.8 Å². The number of methoxy groups -OCH3 is 3. The molecule has 0 aliphatic heterocycles. The molecule has 0 radical (unpaired) electrons. The monoisotopic (exact) mass is 620 g/mol. The second-order valence-corrected chi connectivity index (χ2v) is 10.3. The van der Waals surface area contributed by atoms with Crippen LogP contribution in [-0.4, -0.2) is 70.5 Å². The lowest BCUT2D eigenvalue weighted by molar-refractivity contribution is -0.131. The quantitative estimate of drug-likeness (QED) is 0.134. The highest BCUT2D eigenvalue weighted by Gasteiger charge is 2.28. The summed E-state index contributed by atoms with van der Waals surface area (Å²) in [7, 11) is 4.65. The summed E-state index contributed by atoms with van der Waals surface area (Å²) in [5.74, 6) is 0.723. The molecule has 0 spiro atoms. The molecular formula is C35H44N2O8. The maximum Gasteiger partial charge on any atom is 0.251 e. The van der Waals surface area contributed by atoms with Crippen molar-refractivity contribution < 1.29 is 38.4 Å². The number of hydrogen-bond acceptors (Lipinski definition) is 8. The Morgan fingerprint density at radius 3 is 2.20 bits per heavy atom. The predicted octanol–water partition coefficient (Wildman–Crippen LogP) is 4.29. The van der Waals surface area contributed by atoms with Gasteiger partial charge in [-0.25, -0.2) is 0 Å². The molecule has 10 nitrogen and oxygen atoms in total. The smallest absolute Gasteiger partial charge is 0.251 e. The second kappa shape index (κ2) is 19.1. The molecule has 242 valence electrons. The standard InChI is InChI=1S/C35H44N2O8/c1-5-9-28(20-27-14-17-31(44-23-41-2)32(22-27)45-24-42-3)34(39)37-30(21-26-10-7-6-8-11-26)33(38)35(40)36-19-18-25-12-15-29(43-4)16-13-25/h6-8,10-17,20,22,30,33,38H,5,9,18-19,21,23-24H2,1-4H3,(H,36,40)(H,37,39)/b28-20+/t30-,33?/m0/s1. The van der Waals surface area contributed by atoms with E-state index < -0.39 is 18.1 Å². The van der Waals surface area contributed by atoms with Gasteiger partial charge >= 0.3 is 0 Å². The van der Waals surface area contributed by atoms with Gasteiger partial charge in [0.25, 0.3) is 5.91 Å². The van der Waals surface area contributed by atoms with Crippen LogP contribution in [0.2, 0.25) is 0 Å². The van der Waals surface area contributed by atoms with E-state index in [0.29, 0.717) is 48.4 Å². The Balaban J connectivity index is 1.77. The van der Waals surface area contributed by atoms with Crippen LogP contribution >= 0.6 is 0 Å². The van der Waals surface area contributed by atoms with Crippen molar-refractivity contribution in [1.29, 1.82) is 0 Å². The van der Waals surface area contributed by atoms with E-state index in [2.05, 4.69) is 10.6 Å². The van der Waals surface area contributed by atoms with E-state index in [0.717, 1.165) is 16.9 Å². The summed E-state index contributed by atoms with van der Waals surface area (Å²) in [6, 6.07) is 21.4. The van der Waals surface area contributed by atoms with Crippen molar-refractivity contribution in [3.63, 3.8) is 0 Å². The molecular weight excluding hydrogens is 576 g/mol. The number of amides is 2. The Labute approximate surface area is 265 Å². The number of aliphatic hydroxyl groups excluding tert-OH is 1. The Morgan fingerprint density at radius 1 is 0.867 bits per heavy atom. The van der Waals surface area contributed by atoms with Crippen LogP contribution < -0.4 is 24.8 Å². The topological polar surface area (TPSA) is 125 Å². The summed E-state index contributed by atoms with van der Waals surface area (Å²) in [5, 5.41) is 16.9. The van der Waals surface area contributed by atoms with Gasteiger partial charge in [-0.05, 0) is 66.3 Å². The minimum absolute atomic E-state index is 0.0139. The van der Waals surface area contributed by atoms with Gasteiger partial charge in [0.1, 0.15) is 5.75 Å². The SMILES string of the molecule is CCC/C(=C\c1ccc(OCOC)c(OCOC)c1)C(=O)N[C@@H](Cc1ccccc1)C(O)C(=O)NCCc1ccc(OC)cc1. The van der Waals surface area contributed by atoms with Crippen LogP contribution in [0.15, 0.2) is 78.4 Å². The normalized spacial score (nSPS) is 12.6. The van der Waals surface area contributed by atoms with Crippen LogP contribution in [0.25, 0.3) is 6.08 Å². The first-order valence-corrected chi connectivity index (χ1v) is 14.9. The van der Waals surface area contributed by atoms with E-state index in [1.807, 2.05) is 61.5 Å². The minimum Gasteiger partial charge on any atom is -0.497 e. The summed E-state index contributed by atoms with van der Waals surface area (Å²) in [4.78, 5) is 26.7. The van der Waals surface area contributed by atoms with Crippen LogP contribution in [0.5, 0.6) is 17.2 Å². The average molecular weight is 621 g/mol. The highest BCUT2D eigenvalue weighted by Crippen LogP contribution is 2.30. The maximum atomic E-state index is 13.7. The zero-order chi connectivity index (χ0) is 32.4. The van der Waals surface area contributed by atoms with E-state index in [4.69, 9.17) is 23.7 Å². The largest absolute Gasteiger partial charge is 0.497 e. The number of benzene rings is 3. The maximum absolute atomic E-state index is 13.7. The molecule has 45 heavy (non-hydrogen) atoms. The van der Waals surface area contributed by atoms with Crippen LogP contribution in [0, 0.1) is 0 Å². The Bertz CT molecular complexity index is 1360. The molecule has 0 saturated heterocycles. The third-order valence-electron chi connectivity index (χ3n) is 6.92. The lowest BCUT2D eigenvalue weighted by Gasteiger charge is -2.24. The lowest BCUT2D eigenvalue weighted by atomic mass is 9.99. The number of carbonyl (C=O) groups excluding carboxylic acids is 2. The fourth-order valence-electron chi connectivity index (χ4n) is 4.59. The van der Waals surface area contributed by atoms with Crippen molar-refractivity contribution in [2.24, 2.45) is 0 Å². The molecule has 1 unspecified atom stereocenters. The van der Waals surface area contributed by atoms with Crippen LogP contribution in [0.3, 0.4) is 0 Å². The lowest BCUT2D eigenvalue weighted by Crippen LogP contribution is -2.52. The fraction of sp³-hybridized carbons (Fsp3) is 0.371. The Kier molecular flexibility index (Phi) is 14.9. The number of rotatable bonds is 19. The van der Waals surface area contributed by atoms with E-state index >= 15 is 0 Å². The molecule has 0 bridgehead atoms. The van der Waals surface area contributed by atoms with Crippen molar-refractivity contribution in [3.05, 3.63) is 95.1 Å². The van der Waals surface area contributed by atoms with Gasteiger partial charge in [0.15, 0.2) is 31.2 Å². The van der Waals surface area contributed by atoms with E-state index in [1.165, 1.54) is 14.2 Å². The molecule has 2 amide bonds. The van der Waals surface area contributed by atoms with Crippen molar-refractivity contribution >= 4 is 17.9 Å². The van der Waals surface area contributed by atoms with Gasteiger partial charge in [-0.15, -0.1) is 0 Å². The summed E-state index contributed by atoms with van der Waals surface area (Å²) < 4.78 is 26.5. The molecule has 2 atom stereocenters. The first kappa shape index (κ1) is 35.1. The summed E-state index contributed by atoms with van der Waals surface area (Å²) in [6.07, 6.45) is 2.31. The van der Waals surface area contributed by atoms with Crippen LogP contribution in [0.4, 0.5) is 0 Å². The number of nitrogens with one attached hydrogen (secondary N) is 2. The van der Waals surface area contributed by atoms with E-state index in [1.54, 1.807) is 31.4 Å². The molecule has 3 aromatic rings. The molecule has 0 aromatic heterocycles. The number of carbonyl (C=O) groups is 2. The van der Waals surface area contributed by atoms with Crippen molar-refractivity contribution in [1.82, 2.24) is 10.6 Å². The highest BCUT2D eigenvalue weighted by atomic mass is 16.7. The Morgan fingerprint density at radius 2 is 1.56 bits per heavy atom. The van der Waals surface area contributed by atoms with Crippen molar-refractivity contribution in [2.75, 3.05) is 41.5 Å². The van der Waals surface area contributed by atoms with Gasteiger partial charge in [-0.3, -0.25) is 9.59 Å². The van der Waals surface area contributed by atoms with Crippen LogP contribution in [0.1, 0.15) is 36.5 Å². The van der Waals surface area contributed by atoms with Gasteiger partial charge in [-0.1, -0.05) is 61.9 Å². The molecule has 0 aliphatic rings. The number of ether oxygens (including phenoxy) is 5. The summed E-state index contributed by atoms with van der Waals surface area (Å²) in [6.45, 7) is 2.36. The molecule has 3 N–H and O–H groups in total. The molecule has 0 aliphatic carbocycles. The summed E-state index contributed by atoms with van der Waals surface area (Å²) in [5.41, 5.74) is 3.09. The fourth-order valence-corrected chi connectivity index (χ4v) is 4.59. The molecule has 0 heterocycles. The molecule has 10 heteroatoms. The van der Waals surface area contributed by atoms with Crippen molar-refractivity contribution in [3.8, 4) is 17.2 Å². The summed E-state index contributed by atoms with van der Waals surface area (Å²) >= 11 is 0. The van der Waals surface area contributed by atoms with Crippen LogP contribution in [-0.2, 0) is 31.9 Å². The van der Waals surface area contributed by atoms with Gasteiger partial charge in [-0.2, -0.15) is 0 Å². The third kappa shape index (κ3) is 11.6. The zero-order valence-corrected chi connectivity index (χ0v) is 26.4.